The molecule has 174 valence electrons. The molecular formula is C19H19ClF3N3O5S. The normalized spacial score (nSPS) is 20.1. The number of nitro groups is 1. The van der Waals surface area contributed by atoms with Crippen molar-refractivity contribution in [3.05, 3.63) is 50.5 Å². The first-order valence-electron chi connectivity index (χ1n) is 9.61. The zero-order chi connectivity index (χ0) is 23.7. The molecule has 3 rings (SSSR count). The highest BCUT2D eigenvalue weighted by atomic mass is 35.5. The van der Waals surface area contributed by atoms with E-state index in [1.54, 1.807) is 0 Å². The average Bonchev–Trinajstić information content (AvgIpc) is 3.32. The largest absolute Gasteiger partial charge is 0.432 e. The van der Waals surface area contributed by atoms with Crippen molar-refractivity contribution in [2.45, 2.75) is 25.6 Å². The zero-order valence-electron chi connectivity index (χ0n) is 16.6. The third kappa shape index (κ3) is 5.66. The molecule has 1 aromatic carbocycles. The van der Waals surface area contributed by atoms with Crippen LogP contribution in [0.25, 0.3) is 0 Å². The molecular weight excluding hydrogens is 475 g/mol. The fourth-order valence-corrected chi connectivity index (χ4v) is 5.82. The minimum atomic E-state index is -4.69. The lowest BCUT2D eigenvalue weighted by molar-refractivity contribution is -0.384. The molecule has 0 bridgehead atoms. The first-order chi connectivity index (χ1) is 14.9. The Morgan fingerprint density at radius 3 is 2.62 bits per heavy atom. The van der Waals surface area contributed by atoms with Crippen molar-refractivity contribution >= 4 is 38.7 Å². The van der Waals surface area contributed by atoms with E-state index in [0.717, 1.165) is 0 Å². The monoisotopic (exact) mass is 493 g/mol. The van der Waals surface area contributed by atoms with Crippen molar-refractivity contribution < 1.29 is 31.3 Å². The summed E-state index contributed by atoms with van der Waals surface area (Å²) in [6.07, 6.45) is -3.25. The third-order valence-electron chi connectivity index (χ3n) is 5.33. The Morgan fingerprint density at radius 1 is 1.34 bits per heavy atom. The molecule has 32 heavy (non-hydrogen) atoms. The number of aliphatic imine (C=N–C) groups is 1. The van der Waals surface area contributed by atoms with Gasteiger partial charge in [0.25, 0.3) is 11.6 Å². The topological polar surface area (TPSA) is 110 Å². The number of hydrogen-bond donors (Lipinski definition) is 0. The molecule has 1 aromatic rings. The molecule has 2 aliphatic heterocycles. The number of allylic oxidation sites excluding steroid dienone is 1. The molecule has 1 saturated heterocycles. The van der Waals surface area contributed by atoms with E-state index < -0.39 is 39.1 Å². The average molecular weight is 494 g/mol. The smallest absolute Gasteiger partial charge is 0.334 e. The molecule has 13 heteroatoms. The van der Waals surface area contributed by atoms with E-state index in [-0.39, 0.29) is 52.4 Å². The summed E-state index contributed by atoms with van der Waals surface area (Å²) in [5.74, 6) is -0.862. The summed E-state index contributed by atoms with van der Waals surface area (Å²) in [6, 6.07) is 4.08. The Bertz CT molecular complexity index is 1100. The van der Waals surface area contributed by atoms with Crippen LogP contribution in [0.1, 0.15) is 18.4 Å². The van der Waals surface area contributed by atoms with E-state index in [0.29, 0.717) is 18.9 Å². The van der Waals surface area contributed by atoms with E-state index in [1.165, 1.54) is 23.1 Å². The molecule has 0 spiro atoms. The second-order valence-electron chi connectivity index (χ2n) is 7.66. The first-order valence-corrected chi connectivity index (χ1v) is 11.8. The van der Waals surface area contributed by atoms with Gasteiger partial charge in [0.1, 0.15) is 10.7 Å². The Morgan fingerprint density at radius 2 is 2.06 bits per heavy atom. The number of hydrogen-bond acceptors (Lipinski definition) is 6. The Hall–Kier alpha value is -2.47. The lowest BCUT2D eigenvalue weighted by atomic mass is 10.0. The molecule has 0 aromatic heterocycles. The van der Waals surface area contributed by atoms with Crippen LogP contribution in [0.5, 0.6) is 0 Å². The van der Waals surface area contributed by atoms with Crippen LogP contribution >= 0.6 is 11.6 Å². The van der Waals surface area contributed by atoms with E-state index in [9.17, 15) is 36.5 Å². The van der Waals surface area contributed by atoms with Gasteiger partial charge >= 0.3 is 6.18 Å². The molecule has 8 nitrogen and oxygen atoms in total. The van der Waals surface area contributed by atoms with Crippen LogP contribution in [0, 0.1) is 16.0 Å². The fourth-order valence-electron chi connectivity index (χ4n) is 3.66. The number of amides is 1. The number of sulfone groups is 1. The number of halogens is 4. The molecule has 1 fully saturated rings. The number of alkyl halides is 3. The summed E-state index contributed by atoms with van der Waals surface area (Å²) in [5, 5.41) is 11.0. The summed E-state index contributed by atoms with van der Waals surface area (Å²) in [5.41, 5.74) is -1.43. The first kappa shape index (κ1) is 24.2. The summed E-state index contributed by atoms with van der Waals surface area (Å²) >= 11 is 6.11. The standard InChI is InChI=1S/C19H19ClF3N3O5S/c20-17-13(2-1-3-15(17)26(28)29)10-25(6-4-12-5-7-32(30,31)11-12)18(27)14-8-16(24-9-14)19(21,22)23/h1-3,8,12H,4-7,9-11H2. The Labute approximate surface area is 186 Å². The molecule has 1 atom stereocenters. The van der Waals surface area contributed by atoms with Crippen LogP contribution in [0.4, 0.5) is 18.9 Å². The number of benzene rings is 1. The molecule has 0 radical (unpaired) electrons. The highest BCUT2D eigenvalue weighted by molar-refractivity contribution is 7.91. The van der Waals surface area contributed by atoms with Crippen LogP contribution in [-0.2, 0) is 21.2 Å². The molecule has 0 saturated carbocycles. The highest BCUT2D eigenvalue weighted by Crippen LogP contribution is 2.30. The van der Waals surface area contributed by atoms with Crippen molar-refractivity contribution in [1.29, 1.82) is 0 Å². The van der Waals surface area contributed by atoms with Gasteiger partial charge in [0.15, 0.2) is 9.84 Å². The van der Waals surface area contributed by atoms with Gasteiger partial charge in [-0.2, -0.15) is 13.2 Å². The summed E-state index contributed by atoms with van der Waals surface area (Å²) in [6.45, 7) is -0.571. The lowest BCUT2D eigenvalue weighted by Gasteiger charge is -2.25. The van der Waals surface area contributed by atoms with E-state index in [2.05, 4.69) is 4.99 Å². The van der Waals surface area contributed by atoms with Gasteiger partial charge in [-0.3, -0.25) is 19.9 Å². The van der Waals surface area contributed by atoms with Gasteiger partial charge in [0.05, 0.1) is 23.0 Å². The summed E-state index contributed by atoms with van der Waals surface area (Å²) < 4.78 is 62.1. The predicted molar refractivity (Wildman–Crippen MR) is 111 cm³/mol. The number of nitro benzene ring substituents is 1. The van der Waals surface area contributed by atoms with Crippen LogP contribution < -0.4 is 0 Å². The van der Waals surface area contributed by atoms with Crippen LogP contribution in [0.2, 0.25) is 5.02 Å². The molecule has 2 aliphatic rings. The van der Waals surface area contributed by atoms with Crippen molar-refractivity contribution in [2.24, 2.45) is 10.9 Å². The molecule has 0 N–H and O–H groups in total. The molecule has 0 aliphatic carbocycles. The number of carbonyl (C=O) groups is 1. The second kappa shape index (κ2) is 9.18. The van der Waals surface area contributed by atoms with Gasteiger partial charge < -0.3 is 4.90 Å². The van der Waals surface area contributed by atoms with Crippen LogP contribution in [0.15, 0.2) is 34.8 Å². The van der Waals surface area contributed by atoms with Crippen molar-refractivity contribution in [1.82, 2.24) is 4.90 Å². The Kier molecular flexibility index (Phi) is 6.94. The zero-order valence-corrected chi connectivity index (χ0v) is 18.2. The van der Waals surface area contributed by atoms with Gasteiger partial charge in [-0.05, 0) is 30.4 Å². The molecule has 1 amide bonds. The van der Waals surface area contributed by atoms with E-state index in [1.807, 2.05) is 0 Å². The maximum absolute atomic E-state index is 13.0. The van der Waals surface area contributed by atoms with Crippen LogP contribution in [-0.4, -0.2) is 60.6 Å². The van der Waals surface area contributed by atoms with Crippen molar-refractivity contribution in [3.63, 3.8) is 0 Å². The van der Waals surface area contributed by atoms with Gasteiger partial charge in [0.2, 0.25) is 0 Å². The van der Waals surface area contributed by atoms with Gasteiger partial charge in [-0.1, -0.05) is 23.7 Å². The van der Waals surface area contributed by atoms with E-state index in [4.69, 9.17) is 11.6 Å². The quantitative estimate of drug-likeness (QED) is 0.427. The van der Waals surface area contributed by atoms with Crippen LogP contribution in [0.3, 0.4) is 0 Å². The molecule has 2 heterocycles. The number of rotatable bonds is 7. The third-order valence-corrected chi connectivity index (χ3v) is 7.61. The van der Waals surface area contributed by atoms with Crippen molar-refractivity contribution in [3.8, 4) is 0 Å². The van der Waals surface area contributed by atoms with Gasteiger partial charge in [0, 0.05) is 24.7 Å². The number of carbonyl (C=O) groups excluding carboxylic acids is 1. The Balaban J connectivity index is 1.83. The maximum Gasteiger partial charge on any atom is 0.432 e. The fraction of sp³-hybridized carbons (Fsp3) is 0.474. The predicted octanol–water partition coefficient (Wildman–Crippen LogP) is 3.34. The van der Waals surface area contributed by atoms with Gasteiger partial charge in [-0.25, -0.2) is 8.42 Å². The summed E-state index contributed by atoms with van der Waals surface area (Å²) in [4.78, 5) is 28.1. The summed E-state index contributed by atoms with van der Waals surface area (Å²) in [7, 11) is -3.14. The van der Waals surface area contributed by atoms with Crippen molar-refractivity contribution in [2.75, 3.05) is 24.6 Å². The minimum absolute atomic E-state index is 0.0172. The second-order valence-corrected chi connectivity index (χ2v) is 10.3. The minimum Gasteiger partial charge on any atom is -0.334 e. The highest BCUT2D eigenvalue weighted by Gasteiger charge is 2.38. The number of nitrogens with zero attached hydrogens (tertiary/aromatic N) is 3. The molecule has 1 unspecified atom stereocenters. The maximum atomic E-state index is 13.0. The SMILES string of the molecule is O=C(C1=CC(C(F)(F)F)=NC1)N(CCC1CCS(=O)(=O)C1)Cc1cccc([N+](=O)[O-])c1Cl. The lowest BCUT2D eigenvalue weighted by Crippen LogP contribution is -2.34. The van der Waals surface area contributed by atoms with Gasteiger partial charge in [-0.15, -0.1) is 0 Å². The van der Waals surface area contributed by atoms with E-state index >= 15 is 0 Å².